The van der Waals surface area contributed by atoms with Gasteiger partial charge in [0.2, 0.25) is 0 Å². The van der Waals surface area contributed by atoms with Crippen molar-refractivity contribution < 1.29 is 10.2 Å². The van der Waals surface area contributed by atoms with E-state index in [2.05, 4.69) is 17.4 Å². The Morgan fingerprint density at radius 1 is 1.05 bits per heavy atom. The van der Waals surface area contributed by atoms with Gasteiger partial charge in [-0.05, 0) is 42.1 Å². The highest BCUT2D eigenvalue weighted by Crippen LogP contribution is 2.53. The van der Waals surface area contributed by atoms with E-state index in [-0.39, 0.29) is 17.4 Å². The minimum Gasteiger partial charge on any atom is -0.504 e. The molecule has 0 fully saturated rings. The van der Waals surface area contributed by atoms with Crippen molar-refractivity contribution in [1.82, 2.24) is 5.32 Å². The van der Waals surface area contributed by atoms with Crippen LogP contribution in [0.5, 0.6) is 11.5 Å². The number of rotatable bonds is 1. The summed E-state index contributed by atoms with van der Waals surface area (Å²) >= 11 is 0. The highest BCUT2D eigenvalue weighted by atomic mass is 16.3. The van der Waals surface area contributed by atoms with Gasteiger partial charge in [-0.1, -0.05) is 30.3 Å². The van der Waals surface area contributed by atoms with Crippen LogP contribution in [0.15, 0.2) is 36.4 Å². The molecule has 0 spiro atoms. The fourth-order valence-corrected chi connectivity index (χ4v) is 3.75. The zero-order valence-corrected chi connectivity index (χ0v) is 11.1. The number of phenols is 2. The lowest BCUT2D eigenvalue weighted by molar-refractivity contribution is 0.397. The fourth-order valence-electron chi connectivity index (χ4n) is 3.75. The molecule has 0 aromatic heterocycles. The zero-order valence-electron chi connectivity index (χ0n) is 11.1. The number of nitrogens with one attached hydrogen (secondary N) is 1. The van der Waals surface area contributed by atoms with E-state index in [0.29, 0.717) is 6.04 Å². The lowest BCUT2D eigenvalue weighted by atomic mass is 9.90. The molecular formula is C17H17NO2. The lowest BCUT2D eigenvalue weighted by Crippen LogP contribution is -2.27. The predicted octanol–water partition coefficient (Wildman–Crippen LogP) is 2.82. The van der Waals surface area contributed by atoms with E-state index in [9.17, 15) is 10.2 Å². The summed E-state index contributed by atoms with van der Waals surface area (Å²) in [6.07, 6.45) is 1.86. The van der Waals surface area contributed by atoms with Crippen molar-refractivity contribution in [3.05, 3.63) is 58.7 Å². The molecule has 0 bridgehead atoms. The summed E-state index contributed by atoms with van der Waals surface area (Å²) in [5.74, 6) is 0.235. The fraction of sp³-hybridized carbons (Fsp3) is 0.294. The largest absolute Gasteiger partial charge is 0.504 e. The smallest absolute Gasteiger partial charge is 0.161 e. The first-order valence-electron chi connectivity index (χ1n) is 7.11. The van der Waals surface area contributed by atoms with Gasteiger partial charge in [0, 0.05) is 17.5 Å². The quantitative estimate of drug-likeness (QED) is 0.696. The summed E-state index contributed by atoms with van der Waals surface area (Å²) in [4.78, 5) is 0. The van der Waals surface area contributed by atoms with E-state index in [1.54, 1.807) is 6.07 Å². The molecule has 3 N–H and O–H groups in total. The molecule has 2 aliphatic rings. The van der Waals surface area contributed by atoms with Crippen molar-refractivity contribution >= 4 is 0 Å². The van der Waals surface area contributed by atoms with Gasteiger partial charge in [-0.2, -0.15) is 0 Å². The van der Waals surface area contributed by atoms with Crippen molar-refractivity contribution in [3.8, 4) is 11.5 Å². The highest BCUT2D eigenvalue weighted by Gasteiger charge is 2.38. The van der Waals surface area contributed by atoms with E-state index in [1.165, 1.54) is 16.7 Å². The summed E-state index contributed by atoms with van der Waals surface area (Å²) < 4.78 is 0. The van der Waals surface area contributed by atoms with Gasteiger partial charge in [-0.3, -0.25) is 0 Å². The molecule has 1 heterocycles. The summed E-state index contributed by atoms with van der Waals surface area (Å²) in [6, 6.07) is 12.3. The number of hydrogen-bond acceptors (Lipinski definition) is 3. The van der Waals surface area contributed by atoms with E-state index >= 15 is 0 Å². The summed E-state index contributed by atoms with van der Waals surface area (Å²) in [7, 11) is 0. The van der Waals surface area contributed by atoms with Gasteiger partial charge in [-0.25, -0.2) is 0 Å². The first-order chi connectivity index (χ1) is 9.75. The first-order valence-corrected chi connectivity index (χ1v) is 7.11. The Hall–Kier alpha value is -2.00. The Morgan fingerprint density at radius 2 is 1.85 bits per heavy atom. The third-order valence-electron chi connectivity index (χ3n) is 4.60. The molecule has 2 aromatic carbocycles. The van der Waals surface area contributed by atoms with Crippen LogP contribution in [0.3, 0.4) is 0 Å². The average Bonchev–Trinajstić information content (AvgIpc) is 2.87. The lowest BCUT2D eigenvalue weighted by Gasteiger charge is -2.23. The molecule has 2 atom stereocenters. The van der Waals surface area contributed by atoms with Crippen molar-refractivity contribution in [3.63, 3.8) is 0 Å². The van der Waals surface area contributed by atoms with Crippen LogP contribution < -0.4 is 5.32 Å². The molecule has 0 radical (unpaired) electrons. The Labute approximate surface area is 117 Å². The third-order valence-corrected chi connectivity index (χ3v) is 4.60. The van der Waals surface area contributed by atoms with Crippen LogP contribution in [-0.2, 0) is 6.42 Å². The maximum atomic E-state index is 10.3. The number of aromatic hydroxyl groups is 2. The Bertz CT molecular complexity index is 666. The molecule has 0 saturated heterocycles. The molecule has 3 nitrogen and oxygen atoms in total. The van der Waals surface area contributed by atoms with Crippen molar-refractivity contribution in [2.75, 3.05) is 6.54 Å². The van der Waals surface area contributed by atoms with Crippen LogP contribution in [0.4, 0.5) is 0 Å². The minimum atomic E-state index is 0.0160. The molecule has 1 aliphatic carbocycles. The topological polar surface area (TPSA) is 52.5 Å². The van der Waals surface area contributed by atoms with Crippen LogP contribution in [-0.4, -0.2) is 16.8 Å². The van der Waals surface area contributed by atoms with Gasteiger partial charge in [0.05, 0.1) is 0 Å². The summed E-state index contributed by atoms with van der Waals surface area (Å²) in [5.41, 5.74) is 4.51. The van der Waals surface area contributed by atoms with E-state index in [4.69, 9.17) is 0 Å². The Kier molecular flexibility index (Phi) is 2.51. The van der Waals surface area contributed by atoms with Crippen LogP contribution in [0.1, 0.15) is 40.6 Å². The molecule has 2 unspecified atom stereocenters. The first kappa shape index (κ1) is 11.8. The number of hydrogen-bond donors (Lipinski definition) is 3. The molecule has 3 heteroatoms. The third kappa shape index (κ3) is 1.56. The van der Waals surface area contributed by atoms with Crippen LogP contribution >= 0.6 is 0 Å². The minimum absolute atomic E-state index is 0.0160. The second-order valence-corrected chi connectivity index (χ2v) is 5.69. The van der Waals surface area contributed by atoms with E-state index in [0.717, 1.165) is 24.9 Å². The second kappa shape index (κ2) is 4.25. The Balaban J connectivity index is 1.94. The van der Waals surface area contributed by atoms with Crippen molar-refractivity contribution in [2.24, 2.45) is 0 Å². The molecule has 20 heavy (non-hydrogen) atoms. The van der Waals surface area contributed by atoms with Gasteiger partial charge in [0.15, 0.2) is 11.5 Å². The Morgan fingerprint density at radius 3 is 2.65 bits per heavy atom. The molecule has 4 rings (SSSR count). The van der Waals surface area contributed by atoms with Crippen LogP contribution in [0.25, 0.3) is 0 Å². The molecule has 2 aromatic rings. The maximum Gasteiger partial charge on any atom is 0.161 e. The predicted molar refractivity (Wildman–Crippen MR) is 77.1 cm³/mol. The maximum absolute atomic E-state index is 10.3. The molecular weight excluding hydrogens is 250 g/mol. The van der Waals surface area contributed by atoms with Crippen LogP contribution in [0.2, 0.25) is 0 Å². The summed E-state index contributed by atoms with van der Waals surface area (Å²) in [5, 5.41) is 23.9. The molecule has 1 aliphatic heterocycles. The van der Waals surface area contributed by atoms with Gasteiger partial charge in [0.25, 0.3) is 0 Å². The normalized spacial score (nSPS) is 23.6. The zero-order chi connectivity index (χ0) is 13.7. The van der Waals surface area contributed by atoms with Crippen molar-refractivity contribution in [1.29, 1.82) is 0 Å². The standard InChI is InChI=1S/C17H17NO2/c19-14-8-11-6-7-18-13-9-12(10-4-2-1-3-5-10)16(15(11)13)17(14)20/h1-5,8,12-13,18-20H,6-7,9H2. The SMILES string of the molecule is Oc1cc2c3c(c1O)C(c1ccccc1)CC3NCC2. The number of benzene rings is 2. The van der Waals surface area contributed by atoms with Gasteiger partial charge < -0.3 is 15.5 Å². The highest BCUT2D eigenvalue weighted by molar-refractivity contribution is 5.61. The number of phenolic OH excluding ortho intramolecular Hbond substituents is 2. The molecule has 0 amide bonds. The van der Waals surface area contributed by atoms with E-state index < -0.39 is 0 Å². The second-order valence-electron chi connectivity index (χ2n) is 5.69. The van der Waals surface area contributed by atoms with Crippen molar-refractivity contribution in [2.45, 2.75) is 24.8 Å². The van der Waals surface area contributed by atoms with E-state index in [1.807, 2.05) is 18.2 Å². The molecule has 0 saturated carbocycles. The van der Waals surface area contributed by atoms with Gasteiger partial charge in [-0.15, -0.1) is 0 Å². The monoisotopic (exact) mass is 267 g/mol. The van der Waals surface area contributed by atoms with Gasteiger partial charge >= 0.3 is 0 Å². The average molecular weight is 267 g/mol. The van der Waals surface area contributed by atoms with Crippen LogP contribution in [0, 0.1) is 0 Å². The summed E-state index contributed by atoms with van der Waals surface area (Å²) in [6.45, 7) is 0.933. The molecule has 102 valence electrons. The van der Waals surface area contributed by atoms with Gasteiger partial charge in [0.1, 0.15) is 0 Å².